The van der Waals surface area contributed by atoms with Gasteiger partial charge in [-0.2, -0.15) is 0 Å². The summed E-state index contributed by atoms with van der Waals surface area (Å²) in [5.41, 5.74) is 0.202. The number of benzene rings is 1. The summed E-state index contributed by atoms with van der Waals surface area (Å²) >= 11 is 16.9. The van der Waals surface area contributed by atoms with E-state index in [2.05, 4.69) is 11.9 Å². The zero-order valence-electron chi connectivity index (χ0n) is 15.0. The van der Waals surface area contributed by atoms with Crippen molar-refractivity contribution in [1.29, 1.82) is 0 Å². The first-order valence-corrected chi connectivity index (χ1v) is 9.08. The van der Waals surface area contributed by atoms with Crippen molar-refractivity contribution >= 4 is 40.9 Å². The second-order valence-corrected chi connectivity index (χ2v) is 9.00. The Morgan fingerprint density at radius 1 is 1.23 bits per heavy atom. The van der Waals surface area contributed by atoms with Gasteiger partial charge >= 0.3 is 6.09 Å². The third kappa shape index (κ3) is 9.64. The van der Waals surface area contributed by atoms with Crippen LogP contribution in [0, 0.1) is 0 Å². The standard InChI is InChI=1S/C18H24Cl3NO4/c1-5-14(25-12-24-11-18(19,20)21)15(13-9-7-6-8-10-13)22-16(23)26-17(2,3)4/h5-10,14-15H,1,11-12H2,2-4H3,(H,22,23). The molecule has 8 heteroatoms. The van der Waals surface area contributed by atoms with Crippen LogP contribution in [0.1, 0.15) is 32.4 Å². The molecule has 0 radical (unpaired) electrons. The predicted octanol–water partition coefficient (Wildman–Crippen LogP) is 5.17. The average molecular weight is 425 g/mol. The summed E-state index contributed by atoms with van der Waals surface area (Å²) in [4.78, 5) is 12.2. The summed E-state index contributed by atoms with van der Waals surface area (Å²) in [5.74, 6) is 0. The topological polar surface area (TPSA) is 56.8 Å². The van der Waals surface area contributed by atoms with Crippen molar-refractivity contribution in [2.45, 2.75) is 42.3 Å². The van der Waals surface area contributed by atoms with Gasteiger partial charge in [0.15, 0.2) is 0 Å². The van der Waals surface area contributed by atoms with Crippen molar-refractivity contribution in [2.24, 2.45) is 0 Å². The molecule has 0 bridgehead atoms. The molecule has 0 fully saturated rings. The third-order valence-corrected chi connectivity index (χ3v) is 3.33. The molecule has 0 aliphatic rings. The van der Waals surface area contributed by atoms with Crippen LogP contribution in [0.25, 0.3) is 0 Å². The molecular weight excluding hydrogens is 401 g/mol. The molecule has 1 rings (SSSR count). The Morgan fingerprint density at radius 3 is 2.35 bits per heavy atom. The van der Waals surface area contributed by atoms with E-state index in [1.165, 1.54) is 0 Å². The maximum absolute atomic E-state index is 12.2. The first-order chi connectivity index (χ1) is 12.0. The number of amides is 1. The second kappa shape index (κ2) is 10.4. The van der Waals surface area contributed by atoms with Crippen LogP contribution in [0.15, 0.2) is 43.0 Å². The highest BCUT2D eigenvalue weighted by Crippen LogP contribution is 2.26. The normalized spacial score (nSPS) is 14.4. The van der Waals surface area contributed by atoms with Crippen molar-refractivity contribution in [3.8, 4) is 0 Å². The molecule has 0 saturated carbocycles. The molecule has 0 saturated heterocycles. The van der Waals surface area contributed by atoms with Gasteiger partial charge in [-0.1, -0.05) is 71.2 Å². The number of carbonyl (C=O) groups excluding carboxylic acids is 1. The van der Waals surface area contributed by atoms with Crippen molar-refractivity contribution < 1.29 is 19.0 Å². The van der Waals surface area contributed by atoms with Crippen molar-refractivity contribution in [3.63, 3.8) is 0 Å². The van der Waals surface area contributed by atoms with E-state index in [0.717, 1.165) is 5.56 Å². The Hall–Kier alpha value is -0.980. The van der Waals surface area contributed by atoms with E-state index in [-0.39, 0.29) is 13.4 Å². The highest BCUT2D eigenvalue weighted by molar-refractivity contribution is 6.67. The Labute approximate surface area is 169 Å². The molecule has 26 heavy (non-hydrogen) atoms. The highest BCUT2D eigenvalue weighted by atomic mass is 35.6. The lowest BCUT2D eigenvalue weighted by molar-refractivity contribution is -0.0836. The lowest BCUT2D eigenvalue weighted by atomic mass is 10.0. The number of nitrogens with one attached hydrogen (secondary N) is 1. The lowest BCUT2D eigenvalue weighted by Gasteiger charge is -2.28. The van der Waals surface area contributed by atoms with Crippen molar-refractivity contribution in [3.05, 3.63) is 48.6 Å². The Bertz CT molecular complexity index is 570. The maximum atomic E-state index is 12.2. The van der Waals surface area contributed by atoms with Crippen molar-refractivity contribution in [2.75, 3.05) is 13.4 Å². The molecule has 1 aromatic rings. The van der Waals surface area contributed by atoms with E-state index in [9.17, 15) is 4.79 Å². The molecule has 0 spiro atoms. The number of carbonyl (C=O) groups is 1. The first-order valence-electron chi connectivity index (χ1n) is 7.95. The Kier molecular flexibility index (Phi) is 9.21. The summed E-state index contributed by atoms with van der Waals surface area (Å²) in [6.45, 7) is 8.87. The summed E-state index contributed by atoms with van der Waals surface area (Å²) in [7, 11) is 0. The van der Waals surface area contributed by atoms with Crippen LogP contribution < -0.4 is 5.32 Å². The summed E-state index contributed by atoms with van der Waals surface area (Å²) in [6.07, 6.45) is 0.414. The number of hydrogen-bond acceptors (Lipinski definition) is 4. The third-order valence-electron chi connectivity index (χ3n) is 3.00. The minimum absolute atomic E-state index is 0.128. The highest BCUT2D eigenvalue weighted by Gasteiger charge is 2.27. The van der Waals surface area contributed by atoms with Crippen LogP contribution in [0.2, 0.25) is 0 Å². The molecule has 5 nitrogen and oxygen atoms in total. The maximum Gasteiger partial charge on any atom is 0.408 e. The van der Waals surface area contributed by atoms with E-state index < -0.39 is 27.6 Å². The minimum atomic E-state index is -1.53. The van der Waals surface area contributed by atoms with Crippen LogP contribution in [0.5, 0.6) is 0 Å². The number of ether oxygens (including phenoxy) is 3. The number of halogens is 3. The van der Waals surface area contributed by atoms with Gasteiger partial charge in [-0.05, 0) is 26.3 Å². The summed E-state index contributed by atoms with van der Waals surface area (Å²) in [5, 5.41) is 2.81. The molecule has 0 aliphatic carbocycles. The average Bonchev–Trinajstić information content (AvgIpc) is 2.51. The van der Waals surface area contributed by atoms with Gasteiger partial charge in [0.25, 0.3) is 0 Å². The molecule has 1 amide bonds. The van der Waals surface area contributed by atoms with Crippen LogP contribution in [-0.4, -0.2) is 35.0 Å². The number of alkyl halides is 3. The van der Waals surface area contributed by atoms with E-state index in [1.54, 1.807) is 26.8 Å². The van der Waals surface area contributed by atoms with Gasteiger partial charge in [0.1, 0.15) is 18.5 Å². The van der Waals surface area contributed by atoms with Gasteiger partial charge in [-0.25, -0.2) is 4.79 Å². The molecule has 146 valence electrons. The Balaban J connectivity index is 2.81. The van der Waals surface area contributed by atoms with Gasteiger partial charge in [-0.15, -0.1) is 6.58 Å². The van der Waals surface area contributed by atoms with Gasteiger partial charge in [-0.3, -0.25) is 0 Å². The van der Waals surface area contributed by atoms with Crippen LogP contribution in [0.3, 0.4) is 0 Å². The molecule has 0 heterocycles. The van der Waals surface area contributed by atoms with Gasteiger partial charge in [0, 0.05) is 0 Å². The zero-order valence-corrected chi connectivity index (χ0v) is 17.3. The van der Waals surface area contributed by atoms with E-state index in [4.69, 9.17) is 49.0 Å². The number of rotatable bonds is 8. The second-order valence-electron chi connectivity index (χ2n) is 6.48. The van der Waals surface area contributed by atoms with Crippen LogP contribution >= 0.6 is 34.8 Å². The predicted molar refractivity (Wildman–Crippen MR) is 105 cm³/mol. The smallest absolute Gasteiger partial charge is 0.408 e. The lowest BCUT2D eigenvalue weighted by Crippen LogP contribution is -2.40. The van der Waals surface area contributed by atoms with E-state index in [0.29, 0.717) is 0 Å². The molecule has 2 atom stereocenters. The SMILES string of the molecule is C=CC(OCOCC(Cl)(Cl)Cl)C(NC(=O)OC(C)(C)C)c1ccccc1. The molecule has 2 unspecified atom stereocenters. The Morgan fingerprint density at radius 2 is 1.85 bits per heavy atom. The molecule has 0 aliphatic heterocycles. The first kappa shape index (κ1) is 23.1. The minimum Gasteiger partial charge on any atom is -0.444 e. The summed E-state index contributed by atoms with van der Waals surface area (Å²) < 4.78 is 14.6. The van der Waals surface area contributed by atoms with E-state index >= 15 is 0 Å². The van der Waals surface area contributed by atoms with Gasteiger partial charge in [0.2, 0.25) is 3.79 Å². The number of alkyl carbamates (subject to hydrolysis) is 1. The van der Waals surface area contributed by atoms with Crippen LogP contribution in [0.4, 0.5) is 4.79 Å². The quantitative estimate of drug-likeness (QED) is 0.271. The van der Waals surface area contributed by atoms with Gasteiger partial charge < -0.3 is 19.5 Å². The fourth-order valence-corrected chi connectivity index (χ4v) is 2.27. The van der Waals surface area contributed by atoms with E-state index in [1.807, 2.05) is 30.3 Å². The molecular formula is C18H24Cl3NO4. The number of hydrogen-bond donors (Lipinski definition) is 1. The fourth-order valence-electron chi connectivity index (χ4n) is 2.03. The zero-order chi connectivity index (χ0) is 19.8. The molecule has 1 aromatic carbocycles. The van der Waals surface area contributed by atoms with Gasteiger partial charge in [0.05, 0.1) is 12.6 Å². The fraction of sp³-hybridized carbons (Fsp3) is 0.500. The largest absolute Gasteiger partial charge is 0.444 e. The monoisotopic (exact) mass is 423 g/mol. The van der Waals surface area contributed by atoms with Crippen LogP contribution in [-0.2, 0) is 14.2 Å². The molecule has 0 aromatic heterocycles. The molecule has 1 N–H and O–H groups in total. The summed E-state index contributed by atoms with van der Waals surface area (Å²) in [6, 6.07) is 8.80. The van der Waals surface area contributed by atoms with Crippen molar-refractivity contribution in [1.82, 2.24) is 5.32 Å².